The van der Waals surface area contributed by atoms with E-state index in [0.717, 1.165) is 5.56 Å². The van der Waals surface area contributed by atoms with E-state index in [4.69, 9.17) is 19.6 Å². The number of nitrogens with zero attached hydrogens (tertiary/aromatic N) is 4. The van der Waals surface area contributed by atoms with Crippen molar-refractivity contribution in [1.82, 2.24) is 30.3 Å². The van der Waals surface area contributed by atoms with Crippen molar-refractivity contribution in [1.29, 1.82) is 0 Å². The molecule has 2 heterocycles. The summed E-state index contributed by atoms with van der Waals surface area (Å²) in [6.07, 6.45) is -1.49. The molecule has 0 saturated carbocycles. The summed E-state index contributed by atoms with van der Waals surface area (Å²) in [5, 5.41) is 21.5. The third-order valence-electron chi connectivity index (χ3n) is 7.64. The minimum absolute atomic E-state index is 0.0257. The number of aliphatic hydroxyl groups excluding tert-OH is 1. The highest BCUT2D eigenvalue weighted by molar-refractivity contribution is 5.95. The van der Waals surface area contributed by atoms with Gasteiger partial charge in [-0.05, 0) is 29.7 Å². The van der Waals surface area contributed by atoms with Crippen molar-refractivity contribution in [2.24, 2.45) is 5.92 Å². The summed E-state index contributed by atoms with van der Waals surface area (Å²) in [4.78, 5) is 46.3. The largest absolute Gasteiger partial charge is 0.493 e. The van der Waals surface area contributed by atoms with Crippen LogP contribution >= 0.6 is 0 Å². The van der Waals surface area contributed by atoms with Gasteiger partial charge in [-0.15, -0.1) is 0 Å². The van der Waals surface area contributed by atoms with Crippen LogP contribution in [0.15, 0.2) is 78.9 Å². The average Bonchev–Trinajstić information content (AvgIpc) is 3.49. The SMILES string of the molecule is COc1ccc2cc1OCCn1nc(-c3ccccc3)nc1[C@@H](C(C)C)NC(=O)CN(C(=O)[C@@H](O)c1ccccc1)CCNC2=O. The molecule has 0 fully saturated rings. The van der Waals surface area contributed by atoms with Crippen molar-refractivity contribution in [2.75, 3.05) is 33.4 Å². The summed E-state index contributed by atoms with van der Waals surface area (Å²) < 4.78 is 13.3. The number of methoxy groups -OCH3 is 1. The minimum Gasteiger partial charge on any atom is -0.493 e. The first-order chi connectivity index (χ1) is 22.2. The zero-order chi connectivity index (χ0) is 32.6. The molecule has 12 nitrogen and oxygen atoms in total. The zero-order valence-electron chi connectivity index (χ0n) is 26.1. The Morgan fingerprint density at radius 1 is 1.00 bits per heavy atom. The number of aliphatic hydroxyl groups is 1. The fraction of sp³-hybridized carbons (Fsp3) is 0.324. The molecule has 1 aliphatic heterocycles. The van der Waals surface area contributed by atoms with Gasteiger partial charge in [0, 0.05) is 24.2 Å². The summed E-state index contributed by atoms with van der Waals surface area (Å²) in [5.74, 6) is 0.226. The van der Waals surface area contributed by atoms with Gasteiger partial charge in [-0.2, -0.15) is 5.10 Å². The van der Waals surface area contributed by atoms with Crippen LogP contribution in [0.25, 0.3) is 11.4 Å². The van der Waals surface area contributed by atoms with E-state index < -0.39 is 29.9 Å². The summed E-state index contributed by atoms with van der Waals surface area (Å²) in [7, 11) is 1.52. The number of hydrogen-bond donors (Lipinski definition) is 3. The van der Waals surface area contributed by atoms with Crippen LogP contribution in [0.4, 0.5) is 0 Å². The number of hydrogen-bond acceptors (Lipinski definition) is 8. The molecule has 3 N–H and O–H groups in total. The summed E-state index contributed by atoms with van der Waals surface area (Å²) >= 11 is 0. The number of amides is 3. The zero-order valence-corrected chi connectivity index (χ0v) is 26.1. The highest BCUT2D eigenvalue weighted by atomic mass is 16.5. The van der Waals surface area contributed by atoms with E-state index in [1.54, 1.807) is 53.2 Å². The van der Waals surface area contributed by atoms with E-state index in [1.807, 2.05) is 44.2 Å². The van der Waals surface area contributed by atoms with Crippen LogP contribution in [0.1, 0.15) is 47.7 Å². The number of ether oxygens (including phenoxy) is 2. The van der Waals surface area contributed by atoms with Crippen molar-refractivity contribution in [2.45, 2.75) is 32.5 Å². The van der Waals surface area contributed by atoms with Gasteiger partial charge in [-0.3, -0.25) is 14.4 Å². The average molecular weight is 627 g/mol. The number of carbonyl (C=O) groups excluding carboxylic acids is 3. The van der Waals surface area contributed by atoms with Gasteiger partial charge >= 0.3 is 0 Å². The molecule has 1 aromatic heterocycles. The molecule has 3 aromatic carbocycles. The van der Waals surface area contributed by atoms with Gasteiger partial charge in [-0.25, -0.2) is 9.67 Å². The van der Waals surface area contributed by atoms with Crippen molar-refractivity contribution >= 4 is 17.7 Å². The third kappa shape index (κ3) is 7.52. The fourth-order valence-corrected chi connectivity index (χ4v) is 5.18. The van der Waals surface area contributed by atoms with Gasteiger partial charge in [-0.1, -0.05) is 74.5 Å². The Hall–Kier alpha value is -5.23. The van der Waals surface area contributed by atoms with Gasteiger partial charge in [0.25, 0.3) is 11.8 Å². The van der Waals surface area contributed by atoms with Crippen molar-refractivity contribution in [3.63, 3.8) is 0 Å². The number of rotatable bonds is 5. The Morgan fingerprint density at radius 3 is 2.41 bits per heavy atom. The molecule has 3 amide bonds. The van der Waals surface area contributed by atoms with Crippen LogP contribution in [-0.2, 0) is 16.1 Å². The number of fused-ring (bicyclic) bond motifs is 3. The van der Waals surface area contributed by atoms with E-state index in [0.29, 0.717) is 34.3 Å². The standard InChI is InChI=1S/C34H38N6O6/c1-22(2)29-32-37-31(24-12-8-5-9-13-24)38-40(32)18-19-46-27-20-25(14-15-26(27)45-3)33(43)35-16-17-39(21-28(41)36-29)34(44)30(42)23-10-6-4-7-11-23/h4-15,20,22,29-30,42H,16-19,21H2,1-3H3,(H,35,43)(H,36,41)/t29-,30+/m1/s1. The monoisotopic (exact) mass is 626 g/mol. The van der Waals surface area contributed by atoms with Gasteiger partial charge < -0.3 is 30.1 Å². The maximum atomic E-state index is 13.6. The van der Waals surface area contributed by atoms with Gasteiger partial charge in [0.05, 0.1) is 26.2 Å². The normalized spacial score (nSPS) is 16.8. The smallest absolute Gasteiger partial charge is 0.256 e. The molecule has 46 heavy (non-hydrogen) atoms. The molecular formula is C34H38N6O6. The molecule has 0 saturated heterocycles. The van der Waals surface area contributed by atoms with E-state index in [9.17, 15) is 19.5 Å². The van der Waals surface area contributed by atoms with Crippen LogP contribution in [-0.4, -0.2) is 75.8 Å². The van der Waals surface area contributed by atoms with Gasteiger partial charge in [0.1, 0.15) is 6.61 Å². The van der Waals surface area contributed by atoms with Crippen molar-refractivity contribution in [3.05, 3.63) is 95.8 Å². The Morgan fingerprint density at radius 2 is 1.72 bits per heavy atom. The van der Waals surface area contributed by atoms with E-state index in [1.165, 1.54) is 12.0 Å². The molecule has 12 heteroatoms. The molecule has 240 valence electrons. The maximum absolute atomic E-state index is 13.6. The lowest BCUT2D eigenvalue weighted by Crippen LogP contribution is -2.47. The summed E-state index contributed by atoms with van der Waals surface area (Å²) in [6, 6.07) is 22.3. The number of aromatic nitrogens is 3. The van der Waals surface area contributed by atoms with E-state index in [-0.39, 0.29) is 38.7 Å². The quantitative estimate of drug-likeness (QED) is 0.306. The van der Waals surface area contributed by atoms with Gasteiger partial charge in [0.15, 0.2) is 29.3 Å². The molecule has 0 spiro atoms. The number of carbonyl (C=O) groups is 3. The Balaban J connectivity index is 1.51. The number of benzene rings is 3. The van der Waals surface area contributed by atoms with Crippen LogP contribution in [0.3, 0.4) is 0 Å². The molecule has 0 radical (unpaired) electrons. The molecule has 5 rings (SSSR count). The second-order valence-corrected chi connectivity index (χ2v) is 11.2. The Labute approximate surface area is 267 Å². The van der Waals surface area contributed by atoms with Crippen LogP contribution in [0.2, 0.25) is 0 Å². The lowest BCUT2D eigenvalue weighted by molar-refractivity contribution is -0.143. The maximum Gasteiger partial charge on any atom is 0.256 e. The van der Waals surface area contributed by atoms with Crippen molar-refractivity contribution < 1.29 is 29.0 Å². The van der Waals surface area contributed by atoms with Crippen LogP contribution < -0.4 is 20.1 Å². The highest BCUT2D eigenvalue weighted by Gasteiger charge is 2.30. The lowest BCUT2D eigenvalue weighted by atomic mass is 10.0. The predicted molar refractivity (Wildman–Crippen MR) is 170 cm³/mol. The number of nitrogens with one attached hydrogen (secondary N) is 2. The molecule has 2 atom stereocenters. The molecule has 1 aliphatic rings. The topological polar surface area (TPSA) is 148 Å². The highest BCUT2D eigenvalue weighted by Crippen LogP contribution is 2.29. The predicted octanol–water partition coefficient (Wildman–Crippen LogP) is 3.15. The second kappa shape index (κ2) is 14.7. The first-order valence-electron chi connectivity index (χ1n) is 15.2. The Bertz CT molecular complexity index is 1660. The Kier molecular flexibility index (Phi) is 10.3. The van der Waals surface area contributed by atoms with E-state index in [2.05, 4.69) is 10.6 Å². The summed E-state index contributed by atoms with van der Waals surface area (Å²) in [6.45, 7) is 4.02. The summed E-state index contributed by atoms with van der Waals surface area (Å²) in [5.41, 5.74) is 1.53. The lowest BCUT2D eigenvalue weighted by Gasteiger charge is -2.27. The van der Waals surface area contributed by atoms with Crippen LogP contribution in [0, 0.1) is 5.92 Å². The second-order valence-electron chi connectivity index (χ2n) is 11.2. The molecule has 0 aliphatic carbocycles. The first kappa shape index (κ1) is 32.2. The fourth-order valence-electron chi connectivity index (χ4n) is 5.18. The van der Waals surface area contributed by atoms with Gasteiger partial charge in [0.2, 0.25) is 5.91 Å². The van der Waals surface area contributed by atoms with E-state index >= 15 is 0 Å². The molecule has 0 unspecified atom stereocenters. The molecule has 2 bridgehead atoms. The third-order valence-corrected chi connectivity index (χ3v) is 7.64. The van der Waals surface area contributed by atoms with Crippen LogP contribution in [0.5, 0.6) is 11.5 Å². The van der Waals surface area contributed by atoms with Crippen molar-refractivity contribution in [3.8, 4) is 22.9 Å². The molecular weight excluding hydrogens is 588 g/mol. The first-order valence-corrected chi connectivity index (χ1v) is 15.2. The minimum atomic E-state index is -1.49. The molecule has 4 aromatic rings.